The van der Waals surface area contributed by atoms with E-state index in [1.807, 2.05) is 0 Å². The van der Waals surface area contributed by atoms with Crippen LogP contribution in [-0.4, -0.2) is 25.2 Å². The van der Waals surface area contributed by atoms with Crippen LogP contribution in [0.5, 0.6) is 0 Å². The molecule has 0 heterocycles. The van der Waals surface area contributed by atoms with Crippen LogP contribution in [0.3, 0.4) is 0 Å². The highest BCUT2D eigenvalue weighted by Gasteiger charge is 2.15. The van der Waals surface area contributed by atoms with Crippen molar-refractivity contribution >= 4 is 27.5 Å². The van der Waals surface area contributed by atoms with Gasteiger partial charge in [0.15, 0.2) is 0 Å². The fourth-order valence-corrected chi connectivity index (χ4v) is 2.80. The van der Waals surface area contributed by atoms with Gasteiger partial charge < -0.3 is 15.8 Å². The number of nitrogens with one attached hydrogen (secondary N) is 1. The number of carbonyl (C=O) groups excluding carboxylic acids is 1. The third-order valence-electron chi connectivity index (χ3n) is 3.23. The van der Waals surface area contributed by atoms with E-state index in [4.69, 9.17) is 10.5 Å². The molecule has 1 aliphatic rings. The fraction of sp³-hybridized carbons (Fsp3) is 0.500. The van der Waals surface area contributed by atoms with Crippen LogP contribution in [0.25, 0.3) is 0 Å². The average molecular weight is 327 g/mol. The Hall–Kier alpha value is -1.07. The minimum absolute atomic E-state index is 0.122. The Morgan fingerprint density at radius 2 is 2.11 bits per heavy atom. The summed E-state index contributed by atoms with van der Waals surface area (Å²) in [5, 5.41) is 2.84. The predicted octanol–water partition coefficient (Wildman–Crippen LogP) is 2.72. The monoisotopic (exact) mass is 326 g/mol. The summed E-state index contributed by atoms with van der Waals surface area (Å²) in [6.45, 7) is 1.10. The summed E-state index contributed by atoms with van der Waals surface area (Å²) in [5.74, 6) is -0.122. The maximum Gasteiger partial charge on any atom is 0.251 e. The van der Waals surface area contributed by atoms with E-state index >= 15 is 0 Å². The Bertz CT molecular complexity index is 425. The molecule has 19 heavy (non-hydrogen) atoms. The van der Waals surface area contributed by atoms with Gasteiger partial charge in [0.2, 0.25) is 0 Å². The molecule has 0 aromatic heterocycles. The number of anilines is 1. The summed E-state index contributed by atoms with van der Waals surface area (Å²) in [7, 11) is 0. The van der Waals surface area contributed by atoms with Gasteiger partial charge in [0, 0.05) is 22.3 Å². The Labute approximate surface area is 121 Å². The van der Waals surface area contributed by atoms with Crippen LogP contribution in [0.4, 0.5) is 5.69 Å². The summed E-state index contributed by atoms with van der Waals surface area (Å²) >= 11 is 3.32. The molecule has 1 aliphatic carbocycles. The molecule has 2 rings (SSSR count). The first-order chi connectivity index (χ1) is 9.15. The molecule has 104 valence electrons. The molecular weight excluding hydrogens is 308 g/mol. The number of benzene rings is 1. The number of halogens is 1. The summed E-state index contributed by atoms with van der Waals surface area (Å²) in [6.07, 6.45) is 5.20. The highest BCUT2D eigenvalue weighted by atomic mass is 79.9. The van der Waals surface area contributed by atoms with Crippen molar-refractivity contribution in [2.75, 3.05) is 18.9 Å². The molecule has 1 aromatic rings. The zero-order chi connectivity index (χ0) is 13.7. The molecule has 0 bridgehead atoms. The van der Waals surface area contributed by atoms with E-state index in [1.165, 1.54) is 12.8 Å². The van der Waals surface area contributed by atoms with Gasteiger partial charge in [-0.15, -0.1) is 0 Å². The smallest absolute Gasteiger partial charge is 0.251 e. The third-order valence-corrected chi connectivity index (χ3v) is 3.68. The molecular formula is C14H19BrN2O2. The van der Waals surface area contributed by atoms with Crippen LogP contribution in [0.2, 0.25) is 0 Å². The summed E-state index contributed by atoms with van der Waals surface area (Å²) in [4.78, 5) is 11.9. The second kappa shape index (κ2) is 6.91. The molecule has 3 N–H and O–H groups in total. The maximum absolute atomic E-state index is 11.9. The Morgan fingerprint density at radius 1 is 1.37 bits per heavy atom. The minimum Gasteiger partial charge on any atom is -0.399 e. The number of carbonyl (C=O) groups is 1. The zero-order valence-electron chi connectivity index (χ0n) is 10.8. The number of amides is 1. The number of nitrogens with two attached hydrogens (primary N) is 1. The first-order valence-corrected chi connectivity index (χ1v) is 7.40. The van der Waals surface area contributed by atoms with Gasteiger partial charge in [0.25, 0.3) is 5.91 Å². The normalized spacial score (nSPS) is 15.6. The summed E-state index contributed by atoms with van der Waals surface area (Å²) in [6, 6.07) is 5.18. The van der Waals surface area contributed by atoms with Crippen molar-refractivity contribution in [2.45, 2.75) is 31.8 Å². The predicted molar refractivity (Wildman–Crippen MR) is 79.1 cm³/mol. The SMILES string of the molecule is Nc1cc(Br)cc(C(=O)NCCOC2CCCC2)c1. The quantitative estimate of drug-likeness (QED) is 0.646. The van der Waals surface area contributed by atoms with Crippen molar-refractivity contribution in [3.63, 3.8) is 0 Å². The molecule has 0 aliphatic heterocycles. The van der Waals surface area contributed by atoms with Crippen molar-refractivity contribution in [3.8, 4) is 0 Å². The molecule has 0 radical (unpaired) electrons. The highest BCUT2D eigenvalue weighted by Crippen LogP contribution is 2.20. The lowest BCUT2D eigenvalue weighted by molar-refractivity contribution is 0.0582. The topological polar surface area (TPSA) is 64.4 Å². The van der Waals surface area contributed by atoms with Crippen LogP contribution in [-0.2, 0) is 4.74 Å². The van der Waals surface area contributed by atoms with Gasteiger partial charge in [-0.25, -0.2) is 0 Å². The minimum atomic E-state index is -0.122. The standard InChI is InChI=1S/C14H19BrN2O2/c15-11-7-10(8-12(16)9-11)14(18)17-5-6-19-13-3-1-2-4-13/h7-9,13H,1-6,16H2,(H,17,18). The van der Waals surface area contributed by atoms with Crippen molar-refractivity contribution in [1.82, 2.24) is 5.32 Å². The van der Waals surface area contributed by atoms with Gasteiger partial charge >= 0.3 is 0 Å². The number of hydrogen-bond acceptors (Lipinski definition) is 3. The van der Waals surface area contributed by atoms with Crippen LogP contribution < -0.4 is 11.1 Å². The average Bonchev–Trinajstić information content (AvgIpc) is 2.86. The second-order valence-corrected chi connectivity index (χ2v) is 5.72. The van der Waals surface area contributed by atoms with Crippen LogP contribution >= 0.6 is 15.9 Å². The molecule has 0 spiro atoms. The van der Waals surface area contributed by atoms with E-state index in [-0.39, 0.29) is 5.91 Å². The van der Waals surface area contributed by atoms with E-state index in [1.54, 1.807) is 18.2 Å². The van der Waals surface area contributed by atoms with Gasteiger partial charge in [0.1, 0.15) is 0 Å². The molecule has 0 saturated heterocycles. The van der Waals surface area contributed by atoms with Crippen molar-refractivity contribution in [3.05, 3.63) is 28.2 Å². The van der Waals surface area contributed by atoms with E-state index in [0.717, 1.165) is 17.3 Å². The molecule has 1 fully saturated rings. The van der Waals surface area contributed by atoms with Gasteiger partial charge in [-0.05, 0) is 31.0 Å². The first kappa shape index (κ1) is 14.3. The lowest BCUT2D eigenvalue weighted by Crippen LogP contribution is -2.28. The molecule has 0 atom stereocenters. The highest BCUT2D eigenvalue weighted by molar-refractivity contribution is 9.10. The third kappa shape index (κ3) is 4.51. The van der Waals surface area contributed by atoms with Crippen molar-refractivity contribution in [2.24, 2.45) is 0 Å². The van der Waals surface area contributed by atoms with Crippen LogP contribution in [0, 0.1) is 0 Å². The van der Waals surface area contributed by atoms with Gasteiger partial charge in [-0.1, -0.05) is 28.8 Å². The van der Waals surface area contributed by atoms with Gasteiger partial charge in [-0.3, -0.25) is 4.79 Å². The number of nitrogen functional groups attached to an aromatic ring is 1. The summed E-state index contributed by atoms with van der Waals surface area (Å²) in [5.41, 5.74) is 6.83. The molecule has 1 amide bonds. The van der Waals surface area contributed by atoms with E-state index in [0.29, 0.717) is 30.5 Å². The summed E-state index contributed by atoms with van der Waals surface area (Å²) < 4.78 is 6.49. The number of hydrogen-bond donors (Lipinski definition) is 2. The van der Waals surface area contributed by atoms with Gasteiger partial charge in [-0.2, -0.15) is 0 Å². The van der Waals surface area contributed by atoms with Gasteiger partial charge in [0.05, 0.1) is 12.7 Å². The Balaban J connectivity index is 1.74. The van der Waals surface area contributed by atoms with Crippen LogP contribution in [0.15, 0.2) is 22.7 Å². The van der Waals surface area contributed by atoms with E-state index in [2.05, 4.69) is 21.2 Å². The molecule has 5 heteroatoms. The molecule has 4 nitrogen and oxygen atoms in total. The van der Waals surface area contributed by atoms with E-state index < -0.39 is 0 Å². The lowest BCUT2D eigenvalue weighted by Gasteiger charge is -2.11. The number of ether oxygens (including phenoxy) is 1. The number of rotatable bonds is 5. The zero-order valence-corrected chi connectivity index (χ0v) is 12.4. The van der Waals surface area contributed by atoms with E-state index in [9.17, 15) is 4.79 Å². The first-order valence-electron chi connectivity index (χ1n) is 6.61. The largest absolute Gasteiger partial charge is 0.399 e. The Kier molecular flexibility index (Phi) is 5.22. The maximum atomic E-state index is 11.9. The van der Waals surface area contributed by atoms with Crippen molar-refractivity contribution < 1.29 is 9.53 Å². The van der Waals surface area contributed by atoms with Crippen LogP contribution in [0.1, 0.15) is 36.0 Å². The lowest BCUT2D eigenvalue weighted by atomic mass is 10.2. The molecule has 1 saturated carbocycles. The fourth-order valence-electron chi connectivity index (χ4n) is 2.29. The molecule has 1 aromatic carbocycles. The molecule has 0 unspecified atom stereocenters. The van der Waals surface area contributed by atoms with Crippen molar-refractivity contribution in [1.29, 1.82) is 0 Å². The Morgan fingerprint density at radius 3 is 2.79 bits per heavy atom. The second-order valence-electron chi connectivity index (χ2n) is 4.81.